The van der Waals surface area contributed by atoms with E-state index in [4.69, 9.17) is 10.3 Å². The maximum absolute atomic E-state index is 6.01. The van der Waals surface area contributed by atoms with E-state index in [1.54, 1.807) is 0 Å². The van der Waals surface area contributed by atoms with Gasteiger partial charge in [0.05, 0.1) is 6.04 Å². The molecule has 0 saturated heterocycles. The zero-order valence-corrected chi connectivity index (χ0v) is 10.4. The molecule has 2 bridgehead atoms. The first-order valence-corrected chi connectivity index (χ1v) is 6.87. The molecule has 0 amide bonds. The molecule has 0 radical (unpaired) electrons. The SMILES string of the molecule is CCCC(N)c1noc(C2CC3CCC2C3)n1. The van der Waals surface area contributed by atoms with Crippen LogP contribution in [0.2, 0.25) is 0 Å². The maximum Gasteiger partial charge on any atom is 0.230 e. The van der Waals surface area contributed by atoms with Gasteiger partial charge in [-0.15, -0.1) is 0 Å². The minimum Gasteiger partial charge on any atom is -0.339 e. The summed E-state index contributed by atoms with van der Waals surface area (Å²) in [6.07, 6.45) is 7.33. The molecule has 2 aliphatic carbocycles. The van der Waals surface area contributed by atoms with Crippen molar-refractivity contribution in [2.24, 2.45) is 17.6 Å². The molecule has 17 heavy (non-hydrogen) atoms. The molecule has 0 aromatic carbocycles. The van der Waals surface area contributed by atoms with Gasteiger partial charge in [0.25, 0.3) is 0 Å². The third-order valence-corrected chi connectivity index (χ3v) is 4.44. The largest absolute Gasteiger partial charge is 0.339 e. The van der Waals surface area contributed by atoms with Gasteiger partial charge in [-0.05, 0) is 37.5 Å². The number of nitrogens with two attached hydrogens (primary N) is 1. The molecule has 1 aromatic rings. The van der Waals surface area contributed by atoms with Crippen molar-refractivity contribution in [1.82, 2.24) is 10.1 Å². The zero-order valence-electron chi connectivity index (χ0n) is 10.4. The van der Waals surface area contributed by atoms with Gasteiger partial charge < -0.3 is 10.3 Å². The fourth-order valence-electron chi connectivity index (χ4n) is 3.54. The van der Waals surface area contributed by atoms with Gasteiger partial charge in [-0.2, -0.15) is 4.98 Å². The van der Waals surface area contributed by atoms with Crippen LogP contribution >= 0.6 is 0 Å². The zero-order chi connectivity index (χ0) is 11.8. The summed E-state index contributed by atoms with van der Waals surface area (Å²) in [6, 6.07) is -0.0592. The molecule has 1 aromatic heterocycles. The van der Waals surface area contributed by atoms with Crippen LogP contribution in [0.5, 0.6) is 0 Å². The summed E-state index contributed by atoms with van der Waals surface area (Å²) in [5.74, 6) is 3.76. The van der Waals surface area contributed by atoms with Gasteiger partial charge in [-0.3, -0.25) is 0 Å². The lowest BCUT2D eigenvalue weighted by molar-refractivity contribution is 0.299. The highest BCUT2D eigenvalue weighted by molar-refractivity contribution is 5.06. The van der Waals surface area contributed by atoms with Gasteiger partial charge in [0.15, 0.2) is 5.82 Å². The van der Waals surface area contributed by atoms with Crippen molar-refractivity contribution >= 4 is 0 Å². The Balaban J connectivity index is 1.72. The average Bonchev–Trinajstić information content (AvgIpc) is 3.05. The summed E-state index contributed by atoms with van der Waals surface area (Å²) >= 11 is 0. The smallest absolute Gasteiger partial charge is 0.230 e. The summed E-state index contributed by atoms with van der Waals surface area (Å²) in [5, 5.41) is 4.05. The Hall–Kier alpha value is -0.900. The van der Waals surface area contributed by atoms with Crippen LogP contribution in [-0.4, -0.2) is 10.1 Å². The Labute approximate surface area is 102 Å². The average molecular weight is 235 g/mol. The van der Waals surface area contributed by atoms with Crippen molar-refractivity contribution < 1.29 is 4.52 Å². The Kier molecular flexibility index (Phi) is 2.90. The molecule has 1 heterocycles. The first-order valence-electron chi connectivity index (χ1n) is 6.87. The van der Waals surface area contributed by atoms with Crippen LogP contribution < -0.4 is 5.73 Å². The summed E-state index contributed by atoms with van der Waals surface area (Å²) in [7, 11) is 0. The molecule has 2 aliphatic rings. The van der Waals surface area contributed by atoms with E-state index < -0.39 is 0 Å². The number of nitrogens with zero attached hydrogens (tertiary/aromatic N) is 2. The first-order chi connectivity index (χ1) is 8.28. The molecule has 94 valence electrons. The van der Waals surface area contributed by atoms with Crippen molar-refractivity contribution in [3.63, 3.8) is 0 Å². The number of aromatic nitrogens is 2. The first kappa shape index (κ1) is 11.2. The fraction of sp³-hybridized carbons (Fsp3) is 0.846. The lowest BCUT2D eigenvalue weighted by Crippen LogP contribution is -2.12. The minimum absolute atomic E-state index is 0.0592. The van der Waals surface area contributed by atoms with E-state index in [0.717, 1.165) is 30.6 Å². The van der Waals surface area contributed by atoms with Gasteiger partial charge in [0.2, 0.25) is 5.89 Å². The summed E-state index contributed by atoms with van der Waals surface area (Å²) in [6.45, 7) is 2.12. The predicted octanol–water partition coefficient (Wildman–Crippen LogP) is 2.77. The van der Waals surface area contributed by atoms with Crippen LogP contribution in [0.15, 0.2) is 4.52 Å². The van der Waals surface area contributed by atoms with E-state index in [2.05, 4.69) is 17.1 Å². The standard InChI is InChI=1S/C13H21N3O/c1-2-3-11(14)12-15-13(17-16-12)10-7-8-4-5-9(10)6-8/h8-11H,2-7,14H2,1H3. The third kappa shape index (κ3) is 1.99. The highest BCUT2D eigenvalue weighted by atomic mass is 16.5. The predicted molar refractivity (Wildman–Crippen MR) is 64.3 cm³/mol. The molecule has 3 rings (SSSR count). The van der Waals surface area contributed by atoms with E-state index in [0.29, 0.717) is 11.7 Å². The van der Waals surface area contributed by atoms with Crippen LogP contribution in [0.3, 0.4) is 0 Å². The van der Waals surface area contributed by atoms with Crippen molar-refractivity contribution in [2.75, 3.05) is 0 Å². The molecule has 4 unspecified atom stereocenters. The Morgan fingerprint density at radius 2 is 2.29 bits per heavy atom. The van der Waals surface area contributed by atoms with Crippen molar-refractivity contribution in [3.8, 4) is 0 Å². The number of fused-ring (bicyclic) bond motifs is 2. The third-order valence-electron chi connectivity index (χ3n) is 4.44. The second kappa shape index (κ2) is 4.41. The summed E-state index contributed by atoms with van der Waals surface area (Å²) in [4.78, 5) is 4.53. The molecule has 2 fully saturated rings. The highest BCUT2D eigenvalue weighted by Gasteiger charge is 2.42. The Morgan fingerprint density at radius 3 is 2.94 bits per heavy atom. The molecular weight excluding hydrogens is 214 g/mol. The molecular formula is C13H21N3O. The topological polar surface area (TPSA) is 64.9 Å². The monoisotopic (exact) mass is 235 g/mol. The second-order valence-electron chi connectivity index (χ2n) is 5.67. The van der Waals surface area contributed by atoms with Crippen LogP contribution in [0.4, 0.5) is 0 Å². The second-order valence-corrected chi connectivity index (χ2v) is 5.67. The van der Waals surface area contributed by atoms with Gasteiger partial charge in [-0.1, -0.05) is 24.9 Å². The highest BCUT2D eigenvalue weighted by Crippen LogP contribution is 2.52. The molecule has 0 spiro atoms. The van der Waals surface area contributed by atoms with E-state index in [1.807, 2.05) is 0 Å². The van der Waals surface area contributed by atoms with E-state index >= 15 is 0 Å². The molecule has 2 N–H and O–H groups in total. The molecule has 4 heteroatoms. The van der Waals surface area contributed by atoms with E-state index in [-0.39, 0.29) is 6.04 Å². The van der Waals surface area contributed by atoms with Crippen LogP contribution in [0, 0.1) is 11.8 Å². The fourth-order valence-corrected chi connectivity index (χ4v) is 3.54. The quantitative estimate of drug-likeness (QED) is 0.871. The summed E-state index contributed by atoms with van der Waals surface area (Å²) in [5.41, 5.74) is 6.01. The van der Waals surface area contributed by atoms with Crippen LogP contribution in [0.25, 0.3) is 0 Å². The number of hydrogen-bond acceptors (Lipinski definition) is 4. The summed E-state index contributed by atoms with van der Waals surface area (Å²) < 4.78 is 5.43. The van der Waals surface area contributed by atoms with Crippen LogP contribution in [0.1, 0.15) is 69.1 Å². The van der Waals surface area contributed by atoms with Gasteiger partial charge >= 0.3 is 0 Å². The lowest BCUT2D eigenvalue weighted by Gasteiger charge is -2.17. The lowest BCUT2D eigenvalue weighted by atomic mass is 9.89. The number of hydrogen-bond donors (Lipinski definition) is 1. The van der Waals surface area contributed by atoms with Gasteiger partial charge in [-0.25, -0.2) is 0 Å². The maximum atomic E-state index is 6.01. The van der Waals surface area contributed by atoms with E-state index in [1.165, 1.54) is 25.7 Å². The molecule has 4 nitrogen and oxygen atoms in total. The molecule has 4 atom stereocenters. The number of rotatable bonds is 4. The Morgan fingerprint density at radius 1 is 1.41 bits per heavy atom. The molecule has 0 aliphatic heterocycles. The minimum atomic E-state index is -0.0592. The van der Waals surface area contributed by atoms with Crippen molar-refractivity contribution in [3.05, 3.63) is 11.7 Å². The van der Waals surface area contributed by atoms with Crippen molar-refractivity contribution in [1.29, 1.82) is 0 Å². The van der Waals surface area contributed by atoms with Crippen molar-refractivity contribution in [2.45, 2.75) is 57.4 Å². The van der Waals surface area contributed by atoms with E-state index in [9.17, 15) is 0 Å². The normalized spacial score (nSPS) is 33.2. The van der Waals surface area contributed by atoms with Gasteiger partial charge in [0.1, 0.15) is 0 Å². The van der Waals surface area contributed by atoms with Gasteiger partial charge in [0, 0.05) is 5.92 Å². The van der Waals surface area contributed by atoms with Crippen LogP contribution in [-0.2, 0) is 0 Å². The Bertz CT molecular complexity index is 390. The molecule has 2 saturated carbocycles.